The van der Waals surface area contributed by atoms with Gasteiger partial charge in [-0.05, 0) is 44.2 Å². The molecule has 3 rings (SSSR count). The van der Waals surface area contributed by atoms with Crippen molar-refractivity contribution in [2.75, 3.05) is 12.4 Å². The lowest BCUT2D eigenvalue weighted by Gasteiger charge is -2.25. The lowest BCUT2D eigenvalue weighted by molar-refractivity contribution is -0.123. The molecule has 0 aliphatic heterocycles. The fourth-order valence-corrected chi connectivity index (χ4v) is 2.76. The number of methoxy groups -OCH3 is 1. The Hall–Kier alpha value is -3.74. The van der Waals surface area contributed by atoms with Gasteiger partial charge in [0.15, 0.2) is 0 Å². The van der Waals surface area contributed by atoms with Crippen molar-refractivity contribution in [3.8, 4) is 11.3 Å². The minimum atomic E-state index is -1.25. The lowest BCUT2D eigenvalue weighted by Crippen LogP contribution is -2.47. The number of ether oxygens (including phenoxy) is 1. The molecule has 2 aromatic carbocycles. The van der Waals surface area contributed by atoms with E-state index in [-0.39, 0.29) is 5.56 Å². The fraction of sp³-hybridized carbons (Fsp3) is 0.182. The maximum absolute atomic E-state index is 12.9. The molecule has 0 saturated heterocycles. The smallest absolute Gasteiger partial charge is 0.337 e. The maximum atomic E-state index is 12.9. The highest BCUT2D eigenvalue weighted by Gasteiger charge is 2.32. The quantitative estimate of drug-likeness (QED) is 0.675. The first-order chi connectivity index (χ1) is 13.8. The molecule has 29 heavy (non-hydrogen) atoms. The number of benzene rings is 2. The molecule has 0 fully saturated rings. The van der Waals surface area contributed by atoms with E-state index >= 15 is 0 Å². The van der Waals surface area contributed by atoms with Gasteiger partial charge in [0.25, 0.3) is 11.5 Å². The van der Waals surface area contributed by atoms with Crippen molar-refractivity contribution in [3.63, 3.8) is 0 Å². The number of amides is 1. The Morgan fingerprint density at radius 1 is 0.966 bits per heavy atom. The first-order valence-corrected chi connectivity index (χ1v) is 8.99. The summed E-state index contributed by atoms with van der Waals surface area (Å²) in [6, 6.07) is 18.7. The van der Waals surface area contributed by atoms with Crippen LogP contribution in [0.4, 0.5) is 5.69 Å². The van der Waals surface area contributed by atoms with Crippen LogP contribution in [-0.2, 0) is 15.1 Å². The molecule has 0 atom stereocenters. The molecule has 0 aliphatic rings. The summed E-state index contributed by atoms with van der Waals surface area (Å²) in [5.41, 5.74) is 0.666. The average molecular weight is 391 g/mol. The molecule has 0 radical (unpaired) electrons. The summed E-state index contributed by atoms with van der Waals surface area (Å²) in [5.74, 6) is -0.875. The van der Waals surface area contributed by atoms with Crippen molar-refractivity contribution >= 4 is 17.6 Å². The Kier molecular flexibility index (Phi) is 5.59. The van der Waals surface area contributed by atoms with E-state index < -0.39 is 17.4 Å². The number of carbonyl (C=O) groups excluding carboxylic acids is 2. The summed E-state index contributed by atoms with van der Waals surface area (Å²) in [6.07, 6.45) is 0. The molecule has 1 N–H and O–H groups in total. The van der Waals surface area contributed by atoms with Crippen molar-refractivity contribution in [1.82, 2.24) is 9.78 Å². The molecule has 148 valence electrons. The number of nitrogens with one attached hydrogen (secondary N) is 1. The number of aromatic nitrogens is 2. The van der Waals surface area contributed by atoms with Gasteiger partial charge in [-0.25, -0.2) is 9.48 Å². The second-order valence-corrected chi connectivity index (χ2v) is 6.92. The van der Waals surface area contributed by atoms with Crippen molar-refractivity contribution in [2.24, 2.45) is 0 Å². The summed E-state index contributed by atoms with van der Waals surface area (Å²) in [5, 5.41) is 7.17. The normalized spacial score (nSPS) is 11.0. The molecular formula is C22H21N3O4. The molecule has 7 heteroatoms. The Morgan fingerprint density at radius 2 is 1.62 bits per heavy atom. The Labute approximate surface area is 168 Å². The van der Waals surface area contributed by atoms with E-state index in [1.54, 1.807) is 44.2 Å². The van der Waals surface area contributed by atoms with E-state index in [1.165, 1.54) is 17.9 Å². The van der Waals surface area contributed by atoms with Crippen LogP contribution < -0.4 is 10.9 Å². The van der Waals surface area contributed by atoms with E-state index in [0.29, 0.717) is 16.9 Å². The first-order valence-electron chi connectivity index (χ1n) is 8.99. The number of anilines is 1. The van der Waals surface area contributed by atoms with E-state index in [0.717, 1.165) is 5.56 Å². The number of carbonyl (C=O) groups is 2. The average Bonchev–Trinajstić information content (AvgIpc) is 2.74. The minimum Gasteiger partial charge on any atom is -0.465 e. The molecule has 0 saturated carbocycles. The number of hydrogen-bond acceptors (Lipinski definition) is 5. The van der Waals surface area contributed by atoms with Crippen molar-refractivity contribution < 1.29 is 14.3 Å². The largest absolute Gasteiger partial charge is 0.465 e. The van der Waals surface area contributed by atoms with Crippen LogP contribution in [0.25, 0.3) is 11.3 Å². The van der Waals surface area contributed by atoms with Gasteiger partial charge in [-0.2, -0.15) is 5.10 Å². The molecule has 3 aromatic rings. The second-order valence-electron chi connectivity index (χ2n) is 6.92. The zero-order valence-electron chi connectivity index (χ0n) is 16.4. The summed E-state index contributed by atoms with van der Waals surface area (Å²) >= 11 is 0. The van der Waals surface area contributed by atoms with E-state index in [1.807, 2.05) is 30.3 Å². The summed E-state index contributed by atoms with van der Waals surface area (Å²) in [4.78, 5) is 36.9. The second kappa shape index (κ2) is 8.10. The van der Waals surface area contributed by atoms with Gasteiger partial charge in [0.2, 0.25) is 0 Å². The van der Waals surface area contributed by atoms with E-state index in [2.05, 4.69) is 15.2 Å². The van der Waals surface area contributed by atoms with Crippen LogP contribution in [0, 0.1) is 0 Å². The highest BCUT2D eigenvalue weighted by Crippen LogP contribution is 2.20. The predicted octanol–water partition coefficient (Wildman–Crippen LogP) is 3.07. The lowest BCUT2D eigenvalue weighted by atomic mass is 10.0. The van der Waals surface area contributed by atoms with Crippen LogP contribution in [0.2, 0.25) is 0 Å². The monoisotopic (exact) mass is 391 g/mol. The van der Waals surface area contributed by atoms with Crippen LogP contribution in [0.1, 0.15) is 24.2 Å². The molecule has 1 heterocycles. The van der Waals surface area contributed by atoms with Crippen LogP contribution in [-0.4, -0.2) is 28.8 Å². The maximum Gasteiger partial charge on any atom is 0.337 e. The Bertz CT molecular complexity index is 1090. The third-order valence-electron chi connectivity index (χ3n) is 4.52. The van der Waals surface area contributed by atoms with Gasteiger partial charge in [0, 0.05) is 17.3 Å². The Morgan fingerprint density at radius 3 is 2.24 bits per heavy atom. The third kappa shape index (κ3) is 4.24. The minimum absolute atomic E-state index is 0.373. The summed E-state index contributed by atoms with van der Waals surface area (Å²) in [6.45, 7) is 3.24. The van der Waals surface area contributed by atoms with Crippen molar-refractivity contribution in [1.29, 1.82) is 0 Å². The van der Waals surface area contributed by atoms with Crippen molar-refractivity contribution in [2.45, 2.75) is 19.4 Å². The predicted molar refractivity (Wildman–Crippen MR) is 110 cm³/mol. The number of nitrogens with zero attached hydrogens (tertiary/aromatic N) is 2. The zero-order chi connectivity index (χ0) is 21.0. The van der Waals surface area contributed by atoms with E-state index in [4.69, 9.17) is 0 Å². The summed E-state index contributed by atoms with van der Waals surface area (Å²) < 4.78 is 5.83. The van der Waals surface area contributed by atoms with Gasteiger partial charge in [0.05, 0.1) is 18.4 Å². The van der Waals surface area contributed by atoms with Crippen LogP contribution in [0.3, 0.4) is 0 Å². The highest BCUT2D eigenvalue weighted by molar-refractivity contribution is 5.96. The zero-order valence-corrected chi connectivity index (χ0v) is 16.4. The molecular weight excluding hydrogens is 370 g/mol. The van der Waals surface area contributed by atoms with Gasteiger partial charge in [-0.15, -0.1) is 0 Å². The number of rotatable bonds is 5. The third-order valence-corrected chi connectivity index (χ3v) is 4.52. The standard InChI is InChI=1S/C22H21N3O4/c1-22(2,21(28)23-17-11-9-16(10-12-17)20(27)29-3)25-19(26)14-13-18(24-25)15-7-5-4-6-8-15/h4-14H,1-3H3,(H,23,28). The molecule has 1 amide bonds. The molecule has 0 bridgehead atoms. The van der Waals surface area contributed by atoms with Crippen LogP contribution in [0.15, 0.2) is 71.5 Å². The van der Waals surface area contributed by atoms with Crippen LogP contribution in [0.5, 0.6) is 0 Å². The topological polar surface area (TPSA) is 90.3 Å². The molecule has 0 unspecified atom stereocenters. The van der Waals surface area contributed by atoms with Gasteiger partial charge in [0.1, 0.15) is 5.54 Å². The number of hydrogen-bond donors (Lipinski definition) is 1. The summed E-state index contributed by atoms with van der Waals surface area (Å²) in [7, 11) is 1.30. The van der Waals surface area contributed by atoms with E-state index in [9.17, 15) is 14.4 Å². The first kappa shape index (κ1) is 20.0. The van der Waals surface area contributed by atoms with Gasteiger partial charge < -0.3 is 10.1 Å². The molecule has 0 spiro atoms. The van der Waals surface area contributed by atoms with Gasteiger partial charge in [-0.1, -0.05) is 30.3 Å². The molecule has 7 nitrogen and oxygen atoms in total. The van der Waals surface area contributed by atoms with Crippen LogP contribution >= 0.6 is 0 Å². The Balaban J connectivity index is 1.87. The number of esters is 1. The molecule has 0 aliphatic carbocycles. The fourth-order valence-electron chi connectivity index (χ4n) is 2.76. The van der Waals surface area contributed by atoms with Gasteiger partial charge in [-0.3, -0.25) is 9.59 Å². The SMILES string of the molecule is COC(=O)c1ccc(NC(=O)C(C)(C)n2nc(-c3ccccc3)ccc2=O)cc1. The molecule has 1 aromatic heterocycles. The van der Waals surface area contributed by atoms with Gasteiger partial charge >= 0.3 is 5.97 Å². The van der Waals surface area contributed by atoms with Crippen molar-refractivity contribution in [3.05, 3.63) is 82.6 Å². The highest BCUT2D eigenvalue weighted by atomic mass is 16.5.